The van der Waals surface area contributed by atoms with Crippen LogP contribution in [0.2, 0.25) is 0 Å². The van der Waals surface area contributed by atoms with Crippen LogP contribution in [0.1, 0.15) is 21.5 Å². The first-order valence-corrected chi connectivity index (χ1v) is 13.5. The van der Waals surface area contributed by atoms with Gasteiger partial charge in [0.2, 0.25) is 5.75 Å². The number of carbonyl (C=O) groups is 1. The van der Waals surface area contributed by atoms with E-state index >= 15 is 0 Å². The number of halogens is 3. The summed E-state index contributed by atoms with van der Waals surface area (Å²) in [6.07, 6.45) is -2.97. The Labute approximate surface area is 235 Å². The van der Waals surface area contributed by atoms with E-state index < -0.39 is 17.6 Å². The summed E-state index contributed by atoms with van der Waals surface area (Å²) in [6.45, 7) is 6.95. The minimum atomic E-state index is -4.56. The average molecular weight is 570 g/mol. The van der Waals surface area contributed by atoms with Gasteiger partial charge in [-0.25, -0.2) is 4.98 Å². The molecule has 3 aliphatic heterocycles. The normalized spacial score (nSPS) is 17.6. The highest BCUT2D eigenvalue weighted by molar-refractivity contribution is 6.05. The molecule has 2 saturated heterocycles. The van der Waals surface area contributed by atoms with Gasteiger partial charge < -0.3 is 29.7 Å². The number of aromatic nitrogens is 1. The van der Waals surface area contributed by atoms with Crippen molar-refractivity contribution in [1.82, 2.24) is 9.88 Å². The molecule has 0 atom stereocenters. The zero-order valence-corrected chi connectivity index (χ0v) is 22.5. The molecule has 0 unspecified atom stereocenters. The van der Waals surface area contributed by atoms with Crippen molar-refractivity contribution in [3.63, 3.8) is 0 Å². The first-order valence-electron chi connectivity index (χ1n) is 13.5. The number of fused-ring (bicyclic) bond motifs is 1. The highest BCUT2D eigenvalue weighted by Gasteiger charge is 2.33. The van der Waals surface area contributed by atoms with E-state index in [0.717, 1.165) is 30.8 Å². The zero-order valence-electron chi connectivity index (χ0n) is 22.5. The van der Waals surface area contributed by atoms with Crippen LogP contribution in [0.15, 0.2) is 48.7 Å². The highest BCUT2D eigenvalue weighted by Crippen LogP contribution is 2.39. The zero-order chi connectivity index (χ0) is 28.6. The molecule has 41 heavy (non-hydrogen) atoms. The molecule has 3 aromatic rings. The first-order chi connectivity index (χ1) is 19.7. The van der Waals surface area contributed by atoms with Gasteiger partial charge in [0.25, 0.3) is 5.91 Å². The molecule has 6 rings (SSSR count). The number of carbonyl (C=O) groups excluding carboxylic acids is 1. The summed E-state index contributed by atoms with van der Waals surface area (Å²) in [6, 6.07) is 10.6. The Hall–Kier alpha value is -4.03. The van der Waals surface area contributed by atoms with E-state index in [-0.39, 0.29) is 11.3 Å². The van der Waals surface area contributed by atoms with Crippen molar-refractivity contribution < 1.29 is 32.2 Å². The van der Waals surface area contributed by atoms with Crippen LogP contribution in [0.25, 0.3) is 0 Å². The van der Waals surface area contributed by atoms with Crippen LogP contribution in [0, 0.1) is 6.92 Å². The third kappa shape index (κ3) is 5.89. The molecule has 0 radical (unpaired) electrons. The van der Waals surface area contributed by atoms with Crippen molar-refractivity contribution in [3.8, 4) is 17.2 Å². The fraction of sp³-hybridized carbons (Fsp3) is 0.379. The quantitative estimate of drug-likeness (QED) is 0.439. The molecule has 2 fully saturated rings. The third-order valence-corrected chi connectivity index (χ3v) is 7.50. The molecule has 1 amide bonds. The van der Waals surface area contributed by atoms with Gasteiger partial charge in [-0.3, -0.25) is 9.69 Å². The maximum Gasteiger partial charge on any atom is 0.416 e. The van der Waals surface area contributed by atoms with Gasteiger partial charge >= 0.3 is 6.18 Å². The maximum absolute atomic E-state index is 13.8. The monoisotopic (exact) mass is 569 g/mol. The average Bonchev–Trinajstić information content (AvgIpc) is 2.93. The van der Waals surface area contributed by atoms with Crippen LogP contribution in [0.5, 0.6) is 17.2 Å². The molecule has 0 aliphatic carbocycles. The van der Waals surface area contributed by atoms with Crippen LogP contribution < -0.4 is 25.0 Å². The van der Waals surface area contributed by atoms with Gasteiger partial charge in [-0.2, -0.15) is 13.2 Å². The lowest BCUT2D eigenvalue weighted by atomic mass is 10.1. The Morgan fingerprint density at radius 3 is 2.61 bits per heavy atom. The number of nitrogens with zero attached hydrogens (tertiary/aromatic N) is 3. The molecule has 3 aliphatic rings. The second-order valence-electron chi connectivity index (χ2n) is 10.3. The number of amides is 1. The Bertz CT molecular complexity index is 1440. The summed E-state index contributed by atoms with van der Waals surface area (Å²) in [5.41, 5.74) is 0.681. The van der Waals surface area contributed by atoms with Gasteiger partial charge in [0, 0.05) is 55.4 Å². The van der Waals surface area contributed by atoms with E-state index in [1.165, 1.54) is 0 Å². The van der Waals surface area contributed by atoms with E-state index in [4.69, 9.17) is 14.2 Å². The lowest BCUT2D eigenvalue weighted by Crippen LogP contribution is -2.56. The standard InChI is InChI=1S/C29H30F3N5O4/c1-18-2-3-19(12-25(18)41-24-4-5-33-27-26(24)40-11-6-34-27)28(38)35-21-13-20(29(30,31)32)14-22(15-21)36-7-9-37(10-8-36)23-16-39-17-23/h2-5,12-15,23H,6-11,16-17H2,1H3,(H,33,34)(H,35,38). The minimum absolute atomic E-state index is 0.0698. The second-order valence-corrected chi connectivity index (χ2v) is 10.3. The lowest BCUT2D eigenvalue weighted by molar-refractivity contribution is -0.137. The van der Waals surface area contributed by atoms with E-state index in [1.54, 1.807) is 36.5 Å². The molecule has 1 aromatic heterocycles. The van der Waals surface area contributed by atoms with E-state index in [0.29, 0.717) is 74.3 Å². The minimum Gasteiger partial charge on any atom is -0.485 e. The molecule has 0 spiro atoms. The summed E-state index contributed by atoms with van der Waals surface area (Å²) in [5.74, 6) is 1.35. The van der Waals surface area contributed by atoms with Crippen molar-refractivity contribution in [2.75, 3.05) is 68.1 Å². The summed E-state index contributed by atoms with van der Waals surface area (Å²) in [7, 11) is 0. The Morgan fingerprint density at radius 2 is 1.88 bits per heavy atom. The molecular weight excluding hydrogens is 539 g/mol. The molecule has 0 saturated carbocycles. The van der Waals surface area contributed by atoms with E-state index in [2.05, 4.69) is 20.5 Å². The van der Waals surface area contributed by atoms with Gasteiger partial charge in [0.1, 0.15) is 12.4 Å². The SMILES string of the molecule is Cc1ccc(C(=O)Nc2cc(N3CCN(C4COC4)CC3)cc(C(F)(F)F)c2)cc1Oc1ccnc2c1OCCN2. The first kappa shape index (κ1) is 27.2. The van der Waals surface area contributed by atoms with Gasteiger partial charge in [-0.1, -0.05) is 6.07 Å². The van der Waals surface area contributed by atoms with Gasteiger partial charge in [0.15, 0.2) is 11.6 Å². The molecule has 12 heteroatoms. The molecule has 4 heterocycles. The van der Waals surface area contributed by atoms with Crippen molar-refractivity contribution >= 4 is 23.1 Å². The summed E-state index contributed by atoms with van der Waals surface area (Å²) >= 11 is 0. The van der Waals surface area contributed by atoms with Gasteiger partial charge in [-0.15, -0.1) is 0 Å². The van der Waals surface area contributed by atoms with Crippen molar-refractivity contribution in [3.05, 3.63) is 65.4 Å². The highest BCUT2D eigenvalue weighted by atomic mass is 19.4. The maximum atomic E-state index is 13.8. The summed E-state index contributed by atoms with van der Waals surface area (Å²) in [5, 5.41) is 5.81. The fourth-order valence-corrected chi connectivity index (χ4v) is 5.08. The predicted octanol–water partition coefficient (Wildman–Crippen LogP) is 4.78. The van der Waals surface area contributed by atoms with E-state index in [1.807, 2.05) is 11.8 Å². The number of piperazine rings is 1. The molecule has 216 valence electrons. The number of rotatable bonds is 6. The van der Waals surface area contributed by atoms with Gasteiger partial charge in [0.05, 0.1) is 31.4 Å². The molecular formula is C29H30F3N5O4. The Morgan fingerprint density at radius 1 is 1.07 bits per heavy atom. The number of benzene rings is 2. The van der Waals surface area contributed by atoms with Crippen molar-refractivity contribution in [2.24, 2.45) is 0 Å². The summed E-state index contributed by atoms with van der Waals surface area (Å²) in [4.78, 5) is 21.7. The van der Waals surface area contributed by atoms with Crippen LogP contribution in [0.3, 0.4) is 0 Å². The van der Waals surface area contributed by atoms with Crippen LogP contribution in [-0.2, 0) is 10.9 Å². The molecule has 2 N–H and O–H groups in total. The number of pyridine rings is 1. The second kappa shape index (κ2) is 11.1. The van der Waals surface area contributed by atoms with Crippen molar-refractivity contribution in [1.29, 1.82) is 0 Å². The predicted molar refractivity (Wildman–Crippen MR) is 147 cm³/mol. The summed E-state index contributed by atoms with van der Waals surface area (Å²) < 4.78 is 58.6. The van der Waals surface area contributed by atoms with Crippen molar-refractivity contribution in [2.45, 2.75) is 19.1 Å². The molecule has 2 aromatic carbocycles. The fourth-order valence-electron chi connectivity index (χ4n) is 5.08. The largest absolute Gasteiger partial charge is 0.485 e. The van der Waals surface area contributed by atoms with Crippen LogP contribution in [-0.4, -0.2) is 74.4 Å². The number of hydrogen-bond acceptors (Lipinski definition) is 8. The number of nitrogens with one attached hydrogen (secondary N) is 2. The Balaban J connectivity index is 1.21. The van der Waals surface area contributed by atoms with Crippen LogP contribution in [0.4, 0.5) is 30.4 Å². The lowest BCUT2D eigenvalue weighted by Gasteiger charge is -2.43. The number of ether oxygens (including phenoxy) is 3. The third-order valence-electron chi connectivity index (χ3n) is 7.50. The Kier molecular flexibility index (Phi) is 7.35. The number of hydrogen-bond donors (Lipinski definition) is 2. The van der Waals surface area contributed by atoms with Crippen LogP contribution >= 0.6 is 0 Å². The number of anilines is 3. The molecule has 9 nitrogen and oxygen atoms in total. The number of aryl methyl sites for hydroxylation is 1. The van der Waals surface area contributed by atoms with Gasteiger partial charge in [-0.05, 0) is 42.8 Å². The number of alkyl halides is 3. The smallest absolute Gasteiger partial charge is 0.416 e. The van der Waals surface area contributed by atoms with E-state index in [9.17, 15) is 18.0 Å². The topological polar surface area (TPSA) is 88.2 Å². The molecule has 0 bridgehead atoms.